The van der Waals surface area contributed by atoms with Crippen molar-refractivity contribution in [2.45, 2.75) is 64.8 Å². The van der Waals surface area contributed by atoms with Crippen LogP contribution in [-0.4, -0.2) is 18.1 Å². The third-order valence-corrected chi connectivity index (χ3v) is 5.36. The second-order valence-corrected chi connectivity index (χ2v) is 8.08. The van der Waals surface area contributed by atoms with Gasteiger partial charge in [0.1, 0.15) is 5.75 Å². The zero-order chi connectivity index (χ0) is 20.0. The molecule has 0 unspecified atom stereocenters. The molecule has 1 aliphatic rings. The van der Waals surface area contributed by atoms with Crippen LogP contribution in [0.1, 0.15) is 64.9 Å². The van der Waals surface area contributed by atoms with E-state index in [9.17, 15) is 4.79 Å². The number of fused-ring (bicyclic) bond motifs is 1. The lowest BCUT2D eigenvalue weighted by Gasteiger charge is -2.18. The van der Waals surface area contributed by atoms with Crippen LogP contribution in [-0.2, 0) is 4.79 Å². The lowest BCUT2D eigenvalue weighted by molar-refractivity contribution is -0.116. The summed E-state index contributed by atoms with van der Waals surface area (Å²) in [6.45, 7) is 6.96. The topological polar surface area (TPSA) is 50.4 Å². The van der Waals surface area contributed by atoms with Crippen molar-refractivity contribution in [1.29, 1.82) is 0 Å². The predicted octanol–water partition coefficient (Wildman–Crippen LogP) is 5.38. The van der Waals surface area contributed by atoms with Gasteiger partial charge in [0, 0.05) is 11.0 Å². The molecule has 1 fully saturated rings. The summed E-state index contributed by atoms with van der Waals surface area (Å²) in [5.41, 5.74) is 7.09. The zero-order valence-electron chi connectivity index (χ0n) is 17.3. The Morgan fingerprint density at radius 3 is 2.43 bits per heavy atom. The normalized spacial score (nSPS) is 17.2. The Kier molecular flexibility index (Phi) is 6.74. The third kappa shape index (κ3) is 4.74. The smallest absolute Gasteiger partial charge is 0.263 e. The van der Waals surface area contributed by atoms with Gasteiger partial charge in [-0.1, -0.05) is 69.4 Å². The van der Waals surface area contributed by atoms with Crippen LogP contribution in [0.5, 0.6) is 5.75 Å². The summed E-state index contributed by atoms with van der Waals surface area (Å²) >= 11 is 0. The van der Waals surface area contributed by atoms with Crippen LogP contribution in [0.3, 0.4) is 0 Å². The molecule has 28 heavy (non-hydrogen) atoms. The van der Waals surface area contributed by atoms with Crippen LogP contribution in [0, 0.1) is 0 Å². The van der Waals surface area contributed by atoms with Gasteiger partial charge >= 0.3 is 0 Å². The molecule has 0 saturated carbocycles. The summed E-state index contributed by atoms with van der Waals surface area (Å²) in [4.78, 5) is 12.3. The summed E-state index contributed by atoms with van der Waals surface area (Å²) < 4.78 is 6.16. The molecule has 0 atom stereocenters. The van der Waals surface area contributed by atoms with Gasteiger partial charge in [0.15, 0.2) is 0 Å². The summed E-state index contributed by atoms with van der Waals surface area (Å²) in [5, 5.41) is 2.19. The van der Waals surface area contributed by atoms with Gasteiger partial charge in [0.05, 0.1) is 12.1 Å². The first-order valence-corrected chi connectivity index (χ1v) is 10.5. The number of carbonyl (C=O) groups is 1. The Balaban J connectivity index is 1.80. The van der Waals surface area contributed by atoms with Gasteiger partial charge in [-0.05, 0) is 43.4 Å². The molecule has 0 spiro atoms. The molecule has 1 aliphatic heterocycles. The van der Waals surface area contributed by atoms with Crippen molar-refractivity contribution in [1.82, 2.24) is 10.9 Å². The van der Waals surface area contributed by atoms with Gasteiger partial charge in [0.25, 0.3) is 5.91 Å². The van der Waals surface area contributed by atoms with Crippen molar-refractivity contribution in [3.63, 3.8) is 0 Å². The molecule has 1 amide bonds. The van der Waals surface area contributed by atoms with Crippen molar-refractivity contribution in [2.24, 2.45) is 0 Å². The molecule has 2 N–H and O–H groups in total. The maximum atomic E-state index is 12.3. The number of amides is 1. The number of ether oxygens (including phenoxy) is 1. The van der Waals surface area contributed by atoms with Crippen LogP contribution in [0.15, 0.2) is 42.0 Å². The fraction of sp³-hybridized carbons (Fsp3) is 0.458. The van der Waals surface area contributed by atoms with Crippen LogP contribution >= 0.6 is 0 Å². The van der Waals surface area contributed by atoms with Crippen molar-refractivity contribution >= 4 is 22.8 Å². The molecular weight excluding hydrogens is 348 g/mol. The number of nitrogens with one attached hydrogen (secondary N) is 2. The van der Waals surface area contributed by atoms with Crippen LogP contribution < -0.4 is 15.6 Å². The average molecular weight is 381 g/mol. The van der Waals surface area contributed by atoms with Crippen molar-refractivity contribution in [3.8, 4) is 5.75 Å². The van der Waals surface area contributed by atoms with Gasteiger partial charge in [-0.3, -0.25) is 10.2 Å². The van der Waals surface area contributed by atoms with Crippen molar-refractivity contribution < 1.29 is 9.53 Å². The van der Waals surface area contributed by atoms with E-state index in [2.05, 4.69) is 36.0 Å². The molecule has 150 valence electrons. The van der Waals surface area contributed by atoms with E-state index in [0.717, 1.165) is 40.7 Å². The van der Waals surface area contributed by atoms with Gasteiger partial charge in [-0.25, -0.2) is 5.43 Å². The zero-order valence-corrected chi connectivity index (χ0v) is 17.3. The van der Waals surface area contributed by atoms with Crippen LogP contribution in [0.25, 0.3) is 16.8 Å². The molecule has 3 rings (SSSR count). The second-order valence-electron chi connectivity index (χ2n) is 8.08. The van der Waals surface area contributed by atoms with Crippen molar-refractivity contribution in [2.75, 3.05) is 6.61 Å². The van der Waals surface area contributed by atoms with E-state index in [1.165, 1.54) is 32.1 Å². The van der Waals surface area contributed by atoms with Crippen LogP contribution in [0.2, 0.25) is 0 Å². The average Bonchev–Trinajstić information content (AvgIpc) is 2.94. The minimum Gasteiger partial charge on any atom is -0.493 e. The Hall–Kier alpha value is -2.33. The molecule has 0 aromatic heterocycles. The highest BCUT2D eigenvalue weighted by molar-refractivity contribution is 6.05. The fourth-order valence-corrected chi connectivity index (χ4v) is 3.67. The molecule has 2 aromatic rings. The number of carbonyl (C=O) groups excluding carboxylic acids is 1. The second kappa shape index (κ2) is 9.24. The fourth-order valence-electron chi connectivity index (χ4n) is 3.67. The quantitative estimate of drug-likeness (QED) is 0.454. The first-order chi connectivity index (χ1) is 13.5. The highest BCUT2D eigenvalue weighted by Gasteiger charge is 2.35. The minimum absolute atomic E-state index is 0.0764. The monoisotopic (exact) mass is 380 g/mol. The van der Waals surface area contributed by atoms with Gasteiger partial charge in [0.2, 0.25) is 0 Å². The molecule has 4 nitrogen and oxygen atoms in total. The highest BCUT2D eigenvalue weighted by Crippen LogP contribution is 2.32. The van der Waals surface area contributed by atoms with Gasteiger partial charge in [-0.2, -0.15) is 0 Å². The van der Waals surface area contributed by atoms with E-state index in [-0.39, 0.29) is 5.91 Å². The summed E-state index contributed by atoms with van der Waals surface area (Å²) in [6, 6.07) is 12.3. The van der Waals surface area contributed by atoms with Gasteiger partial charge < -0.3 is 4.74 Å². The molecule has 1 saturated heterocycles. The number of hydrogen-bond acceptors (Lipinski definition) is 3. The van der Waals surface area contributed by atoms with E-state index in [0.29, 0.717) is 0 Å². The maximum absolute atomic E-state index is 12.3. The number of hydrazine groups is 1. The molecule has 0 aliphatic carbocycles. The minimum atomic E-state index is -0.409. The first kappa shape index (κ1) is 20.4. The largest absolute Gasteiger partial charge is 0.493 e. The summed E-state index contributed by atoms with van der Waals surface area (Å²) in [7, 11) is 0. The first-order valence-electron chi connectivity index (χ1n) is 10.5. The Morgan fingerprint density at radius 2 is 1.71 bits per heavy atom. The number of benzene rings is 2. The van der Waals surface area contributed by atoms with E-state index >= 15 is 0 Å². The maximum Gasteiger partial charge on any atom is 0.263 e. The third-order valence-electron chi connectivity index (χ3n) is 5.36. The van der Waals surface area contributed by atoms with E-state index in [1.54, 1.807) is 0 Å². The lowest BCUT2D eigenvalue weighted by atomic mass is 9.92. The Bertz CT molecular complexity index is 850. The molecule has 0 bridgehead atoms. The molecule has 4 heteroatoms. The number of rotatable bonds is 9. The predicted molar refractivity (Wildman–Crippen MR) is 116 cm³/mol. The highest BCUT2D eigenvalue weighted by atomic mass is 16.5. The number of hydrogen-bond donors (Lipinski definition) is 2. The summed E-state index contributed by atoms with van der Waals surface area (Å²) in [6.07, 6.45) is 9.45. The molecule has 1 heterocycles. The molecular formula is C24H32N2O2. The summed E-state index contributed by atoms with van der Waals surface area (Å²) in [5.74, 6) is 0.815. The van der Waals surface area contributed by atoms with E-state index in [4.69, 9.17) is 4.74 Å². The Labute approximate surface area is 168 Å². The van der Waals surface area contributed by atoms with Gasteiger partial charge in [-0.15, -0.1) is 0 Å². The van der Waals surface area contributed by atoms with E-state index in [1.807, 2.05) is 38.1 Å². The standard InChI is InChI=1S/C24H32N2O2/c1-4-5-6-7-8-9-16-28-21-15-11-13-18-12-10-14-19(22(18)21)17-20-23(27)25-26-24(20,2)3/h10-15,17,26H,4-9,16H2,1-3H3,(H,25,27)/b20-17+. The van der Waals surface area contributed by atoms with E-state index < -0.39 is 5.54 Å². The molecule has 2 aromatic carbocycles. The SMILES string of the molecule is CCCCCCCCOc1cccc2cccc(/C=C3\C(=O)NNC3(C)C)c12. The van der Waals surface area contributed by atoms with Crippen LogP contribution in [0.4, 0.5) is 0 Å². The lowest BCUT2D eigenvalue weighted by Crippen LogP contribution is -2.38. The Morgan fingerprint density at radius 1 is 1.00 bits per heavy atom. The number of unbranched alkanes of at least 4 members (excludes halogenated alkanes) is 5. The molecule has 0 radical (unpaired) electrons. The van der Waals surface area contributed by atoms with Crippen molar-refractivity contribution in [3.05, 3.63) is 47.5 Å².